The fourth-order valence-electron chi connectivity index (χ4n) is 2.89. The molecule has 2 aliphatic rings. The molecule has 2 N–H and O–H groups in total. The van der Waals surface area contributed by atoms with Crippen LogP contribution in [0.1, 0.15) is 45.4 Å². The SMILES string of the molecule is CC1CC(N)=NC2CCCCCC12. The van der Waals surface area contributed by atoms with Gasteiger partial charge in [0.2, 0.25) is 0 Å². The highest BCUT2D eigenvalue weighted by molar-refractivity contribution is 5.81. The van der Waals surface area contributed by atoms with E-state index >= 15 is 0 Å². The van der Waals surface area contributed by atoms with Crippen molar-refractivity contribution in [3.8, 4) is 0 Å². The summed E-state index contributed by atoms with van der Waals surface area (Å²) in [4.78, 5) is 4.61. The molecular formula is C11H20N2. The molecule has 0 aromatic rings. The Kier molecular flexibility index (Phi) is 2.56. The van der Waals surface area contributed by atoms with Crippen LogP contribution in [0.4, 0.5) is 0 Å². The van der Waals surface area contributed by atoms with Crippen LogP contribution in [0.3, 0.4) is 0 Å². The first-order valence-electron chi connectivity index (χ1n) is 5.59. The number of hydrogen-bond donors (Lipinski definition) is 1. The molecule has 2 heteroatoms. The molecule has 3 unspecified atom stereocenters. The molecule has 0 radical (unpaired) electrons. The molecule has 0 aromatic heterocycles. The lowest BCUT2D eigenvalue weighted by Crippen LogP contribution is -2.34. The smallest absolute Gasteiger partial charge is 0.0943 e. The number of hydrogen-bond acceptors (Lipinski definition) is 2. The summed E-state index contributed by atoms with van der Waals surface area (Å²) in [5.41, 5.74) is 5.83. The molecule has 1 aliphatic carbocycles. The van der Waals surface area contributed by atoms with Crippen molar-refractivity contribution in [1.29, 1.82) is 0 Å². The lowest BCUT2D eigenvalue weighted by molar-refractivity contribution is 0.275. The summed E-state index contributed by atoms with van der Waals surface area (Å²) >= 11 is 0. The molecule has 3 atom stereocenters. The average Bonchev–Trinajstić information content (AvgIpc) is 2.28. The van der Waals surface area contributed by atoms with Crippen molar-refractivity contribution >= 4 is 5.84 Å². The summed E-state index contributed by atoms with van der Waals surface area (Å²) in [6.45, 7) is 2.34. The number of nitrogens with zero attached hydrogens (tertiary/aromatic N) is 1. The van der Waals surface area contributed by atoms with E-state index in [1.54, 1.807) is 0 Å². The van der Waals surface area contributed by atoms with Crippen LogP contribution in [0.5, 0.6) is 0 Å². The van der Waals surface area contributed by atoms with Crippen molar-refractivity contribution < 1.29 is 0 Å². The summed E-state index contributed by atoms with van der Waals surface area (Å²) in [6.07, 6.45) is 7.83. The summed E-state index contributed by atoms with van der Waals surface area (Å²) in [5, 5.41) is 0. The number of aliphatic imine (C=N–C) groups is 1. The Morgan fingerprint density at radius 3 is 2.85 bits per heavy atom. The average molecular weight is 180 g/mol. The molecule has 13 heavy (non-hydrogen) atoms. The van der Waals surface area contributed by atoms with E-state index in [9.17, 15) is 0 Å². The zero-order chi connectivity index (χ0) is 9.26. The molecule has 0 spiro atoms. The second-order valence-electron chi connectivity index (χ2n) is 4.67. The largest absolute Gasteiger partial charge is 0.387 e. The molecule has 0 amide bonds. The van der Waals surface area contributed by atoms with Crippen molar-refractivity contribution in [3.05, 3.63) is 0 Å². The maximum absolute atomic E-state index is 5.83. The van der Waals surface area contributed by atoms with Crippen LogP contribution in [-0.4, -0.2) is 11.9 Å². The topological polar surface area (TPSA) is 38.4 Å². The van der Waals surface area contributed by atoms with Crippen molar-refractivity contribution in [2.45, 2.75) is 51.5 Å². The summed E-state index contributed by atoms with van der Waals surface area (Å²) < 4.78 is 0. The maximum Gasteiger partial charge on any atom is 0.0943 e. The Morgan fingerprint density at radius 2 is 2.00 bits per heavy atom. The Hall–Kier alpha value is -0.530. The predicted octanol–water partition coefficient (Wildman–Crippen LogP) is 2.33. The van der Waals surface area contributed by atoms with E-state index in [0.29, 0.717) is 6.04 Å². The van der Waals surface area contributed by atoms with E-state index < -0.39 is 0 Å². The van der Waals surface area contributed by atoms with Gasteiger partial charge in [0.25, 0.3) is 0 Å². The normalized spacial score (nSPS) is 40.4. The van der Waals surface area contributed by atoms with Gasteiger partial charge in [0.15, 0.2) is 0 Å². The summed E-state index contributed by atoms with van der Waals surface area (Å²) in [6, 6.07) is 0.561. The van der Waals surface area contributed by atoms with Gasteiger partial charge in [-0.25, -0.2) is 0 Å². The van der Waals surface area contributed by atoms with Crippen LogP contribution in [0, 0.1) is 11.8 Å². The number of amidine groups is 1. The van der Waals surface area contributed by atoms with Crippen molar-refractivity contribution in [2.24, 2.45) is 22.6 Å². The second kappa shape index (κ2) is 3.69. The first kappa shape index (κ1) is 9.04. The first-order valence-corrected chi connectivity index (χ1v) is 5.59. The molecule has 1 saturated carbocycles. The van der Waals surface area contributed by atoms with E-state index in [-0.39, 0.29) is 0 Å². The minimum atomic E-state index is 0.561. The van der Waals surface area contributed by atoms with Crippen LogP contribution in [0.25, 0.3) is 0 Å². The highest BCUT2D eigenvalue weighted by Gasteiger charge is 2.31. The lowest BCUT2D eigenvalue weighted by atomic mass is 9.80. The number of nitrogens with two attached hydrogens (primary N) is 1. The van der Waals surface area contributed by atoms with Gasteiger partial charge in [-0.05, 0) is 24.7 Å². The van der Waals surface area contributed by atoms with Gasteiger partial charge >= 0.3 is 0 Å². The molecule has 1 heterocycles. The molecule has 74 valence electrons. The van der Waals surface area contributed by atoms with E-state index in [4.69, 9.17) is 5.73 Å². The Labute approximate surface area is 80.6 Å². The highest BCUT2D eigenvalue weighted by atomic mass is 14.9. The third-order valence-corrected chi connectivity index (χ3v) is 3.63. The molecule has 0 saturated heterocycles. The fraction of sp³-hybridized carbons (Fsp3) is 0.909. The zero-order valence-corrected chi connectivity index (χ0v) is 8.50. The van der Waals surface area contributed by atoms with Crippen LogP contribution in [0.15, 0.2) is 4.99 Å². The molecule has 0 aromatic carbocycles. The molecule has 2 rings (SSSR count). The van der Waals surface area contributed by atoms with Gasteiger partial charge < -0.3 is 5.73 Å². The minimum Gasteiger partial charge on any atom is -0.387 e. The maximum atomic E-state index is 5.83. The Morgan fingerprint density at radius 1 is 1.23 bits per heavy atom. The van der Waals surface area contributed by atoms with E-state index in [1.165, 1.54) is 32.1 Å². The third kappa shape index (κ3) is 1.87. The van der Waals surface area contributed by atoms with Crippen LogP contribution < -0.4 is 5.73 Å². The van der Waals surface area contributed by atoms with Gasteiger partial charge in [0.1, 0.15) is 0 Å². The Balaban J connectivity index is 2.14. The molecule has 0 bridgehead atoms. The third-order valence-electron chi connectivity index (χ3n) is 3.63. The van der Waals surface area contributed by atoms with Crippen LogP contribution in [-0.2, 0) is 0 Å². The van der Waals surface area contributed by atoms with Crippen molar-refractivity contribution in [1.82, 2.24) is 0 Å². The number of fused-ring (bicyclic) bond motifs is 1. The predicted molar refractivity (Wildman–Crippen MR) is 55.8 cm³/mol. The summed E-state index contributed by atoms with van der Waals surface area (Å²) in [7, 11) is 0. The van der Waals surface area contributed by atoms with Gasteiger partial charge in [-0.15, -0.1) is 0 Å². The van der Waals surface area contributed by atoms with Gasteiger partial charge in [-0.2, -0.15) is 0 Å². The van der Waals surface area contributed by atoms with Gasteiger partial charge in [0, 0.05) is 6.42 Å². The van der Waals surface area contributed by atoms with E-state index in [1.807, 2.05) is 0 Å². The monoisotopic (exact) mass is 180 g/mol. The highest BCUT2D eigenvalue weighted by Crippen LogP contribution is 2.35. The van der Waals surface area contributed by atoms with Crippen molar-refractivity contribution in [3.63, 3.8) is 0 Å². The fourth-order valence-corrected chi connectivity index (χ4v) is 2.89. The molecule has 1 aliphatic heterocycles. The Bertz CT molecular complexity index is 210. The van der Waals surface area contributed by atoms with E-state index in [0.717, 1.165) is 24.1 Å². The minimum absolute atomic E-state index is 0.561. The standard InChI is InChI=1S/C11H20N2/c1-8-7-11(12)13-10-6-4-2-3-5-9(8)10/h8-10H,2-7H2,1H3,(H2,12,13). The summed E-state index contributed by atoms with van der Waals surface area (Å²) in [5.74, 6) is 2.49. The lowest BCUT2D eigenvalue weighted by Gasteiger charge is -2.32. The van der Waals surface area contributed by atoms with Gasteiger partial charge in [-0.1, -0.05) is 26.2 Å². The quantitative estimate of drug-likeness (QED) is 0.610. The van der Waals surface area contributed by atoms with Crippen LogP contribution in [0.2, 0.25) is 0 Å². The molecular weight excluding hydrogens is 160 g/mol. The molecule has 1 fully saturated rings. The zero-order valence-electron chi connectivity index (χ0n) is 8.50. The molecule has 2 nitrogen and oxygen atoms in total. The van der Waals surface area contributed by atoms with Crippen LogP contribution >= 0.6 is 0 Å². The van der Waals surface area contributed by atoms with E-state index in [2.05, 4.69) is 11.9 Å². The first-order chi connectivity index (χ1) is 6.27. The number of rotatable bonds is 0. The van der Waals surface area contributed by atoms with Gasteiger partial charge in [-0.3, -0.25) is 4.99 Å². The van der Waals surface area contributed by atoms with Crippen molar-refractivity contribution in [2.75, 3.05) is 0 Å². The second-order valence-corrected chi connectivity index (χ2v) is 4.67. The van der Waals surface area contributed by atoms with Gasteiger partial charge in [0.05, 0.1) is 11.9 Å².